The summed E-state index contributed by atoms with van der Waals surface area (Å²) in [6.45, 7) is 0.0272. The Morgan fingerprint density at radius 3 is 2.19 bits per heavy atom. The van der Waals surface area contributed by atoms with Crippen molar-refractivity contribution in [1.29, 1.82) is 0 Å². The number of benzene rings is 2. The number of rotatable bonds is 7. The van der Waals surface area contributed by atoms with Crippen LogP contribution >= 0.6 is 0 Å². The Labute approximate surface area is 212 Å². The second kappa shape index (κ2) is 10.9. The van der Waals surface area contributed by atoms with Gasteiger partial charge in [0.1, 0.15) is 23.8 Å². The lowest BCUT2D eigenvalue weighted by Crippen LogP contribution is -2.76. The van der Waals surface area contributed by atoms with Gasteiger partial charge in [-0.05, 0) is 41.8 Å². The minimum atomic E-state index is -1.28. The van der Waals surface area contributed by atoms with Crippen LogP contribution in [0.15, 0.2) is 48.5 Å². The first-order chi connectivity index (χ1) is 17.6. The zero-order valence-corrected chi connectivity index (χ0v) is 20.1. The number of piperazine rings is 1. The number of fused-ring (bicyclic) bond motifs is 1. The number of urea groups is 1. The van der Waals surface area contributed by atoms with E-state index in [0.717, 1.165) is 5.56 Å². The number of nitrogens with zero attached hydrogens (tertiary/aromatic N) is 4. The molecule has 0 aromatic heterocycles. The van der Waals surface area contributed by atoms with Gasteiger partial charge in [-0.1, -0.05) is 24.3 Å². The molecule has 2 saturated heterocycles. The van der Waals surface area contributed by atoms with Crippen LogP contribution in [0.5, 0.6) is 0 Å². The van der Waals surface area contributed by atoms with Crippen LogP contribution in [0.3, 0.4) is 0 Å². The zero-order chi connectivity index (χ0) is 26.7. The third kappa shape index (κ3) is 5.85. The van der Waals surface area contributed by atoms with Crippen molar-refractivity contribution in [2.45, 2.75) is 31.6 Å². The Morgan fingerprint density at radius 2 is 1.59 bits per heavy atom. The first-order valence-electron chi connectivity index (χ1n) is 11.7. The van der Waals surface area contributed by atoms with Crippen molar-refractivity contribution in [3.05, 3.63) is 71.3 Å². The molecule has 2 fully saturated rings. The molecule has 196 valence electrons. The fraction of sp³-hybridized carbons (Fsp3) is 0.360. The number of aliphatic carboxylic acids is 1. The molecule has 2 aliphatic rings. The zero-order valence-electron chi connectivity index (χ0n) is 20.1. The molecule has 4 amide bonds. The Kier molecular flexibility index (Phi) is 7.67. The highest BCUT2D eigenvalue weighted by atomic mass is 19.1. The van der Waals surface area contributed by atoms with Crippen molar-refractivity contribution in [2.24, 2.45) is 0 Å². The quantitative estimate of drug-likeness (QED) is 0.577. The number of hydrogen-bond acceptors (Lipinski definition) is 5. The summed E-state index contributed by atoms with van der Waals surface area (Å²) in [4.78, 5) is 53.7. The molecule has 2 atom stereocenters. The van der Waals surface area contributed by atoms with Crippen LogP contribution in [-0.4, -0.2) is 87.6 Å². The number of hydrazine groups is 1. The Morgan fingerprint density at radius 1 is 1.00 bits per heavy atom. The van der Waals surface area contributed by atoms with Gasteiger partial charge in [-0.25, -0.2) is 23.6 Å². The summed E-state index contributed by atoms with van der Waals surface area (Å²) in [6.07, 6.45) is -1.17. The molecule has 2 aromatic carbocycles. The molecule has 10 nitrogen and oxygen atoms in total. The monoisotopic (exact) mass is 515 g/mol. The largest absolute Gasteiger partial charge is 0.481 e. The average Bonchev–Trinajstić information content (AvgIpc) is 2.85. The number of carboxylic acid groups (broad SMARTS) is 1. The molecule has 2 aliphatic heterocycles. The van der Waals surface area contributed by atoms with E-state index in [-0.39, 0.29) is 32.0 Å². The van der Waals surface area contributed by atoms with E-state index < -0.39 is 48.3 Å². The van der Waals surface area contributed by atoms with Crippen molar-refractivity contribution < 1.29 is 33.1 Å². The van der Waals surface area contributed by atoms with Crippen molar-refractivity contribution in [2.75, 3.05) is 26.7 Å². The third-order valence-corrected chi connectivity index (χ3v) is 6.46. The number of carbonyl (C=O) groups is 4. The van der Waals surface area contributed by atoms with Crippen molar-refractivity contribution in [3.63, 3.8) is 0 Å². The summed E-state index contributed by atoms with van der Waals surface area (Å²) in [5.41, 5.74) is 1.43. The van der Waals surface area contributed by atoms with E-state index in [1.807, 2.05) is 0 Å². The molecule has 2 N–H and O–H groups in total. The fourth-order valence-electron chi connectivity index (χ4n) is 4.65. The molecule has 0 bridgehead atoms. The smallest absolute Gasteiger partial charge is 0.334 e. The fourth-order valence-corrected chi connectivity index (χ4v) is 4.65. The maximum Gasteiger partial charge on any atom is 0.334 e. The highest BCUT2D eigenvalue weighted by Crippen LogP contribution is 2.27. The van der Waals surface area contributed by atoms with Crippen LogP contribution in [-0.2, 0) is 27.3 Å². The van der Waals surface area contributed by atoms with Crippen molar-refractivity contribution in [1.82, 2.24) is 25.1 Å². The first-order valence-corrected chi connectivity index (χ1v) is 11.7. The maximum absolute atomic E-state index is 13.3. The molecule has 12 heteroatoms. The summed E-state index contributed by atoms with van der Waals surface area (Å²) in [7, 11) is 1.55. The predicted octanol–water partition coefficient (Wildman–Crippen LogP) is 1.42. The lowest BCUT2D eigenvalue weighted by molar-refractivity contribution is -0.188. The standard InChI is InChI=1S/C25H27F2N5O5/c1-29-15-22(33)31-20(12-23(34)35)24(36)30(11-10-16-2-6-18(26)7-3-16)14-21(31)32(29)25(37)28-13-17-4-8-19(27)9-5-17/h2-9,20-21H,10-15H2,1H3,(H,28,37)(H,34,35)/t20-,21-/m0/s1. The molecule has 2 heterocycles. The van der Waals surface area contributed by atoms with Crippen molar-refractivity contribution >= 4 is 23.8 Å². The number of likely N-dealkylation sites (N-methyl/N-ethyl adjacent to an activating group) is 1. The minimum Gasteiger partial charge on any atom is -0.481 e. The minimum absolute atomic E-state index is 0.0316. The second-order valence-corrected chi connectivity index (χ2v) is 9.00. The number of amides is 4. The molecule has 0 unspecified atom stereocenters. The first kappa shape index (κ1) is 26.0. The van der Waals surface area contributed by atoms with Gasteiger partial charge in [-0.3, -0.25) is 14.4 Å². The van der Waals surface area contributed by atoms with Crippen LogP contribution in [0.4, 0.5) is 13.6 Å². The lowest BCUT2D eigenvalue weighted by atomic mass is 10.0. The maximum atomic E-state index is 13.3. The van der Waals surface area contributed by atoms with Crippen LogP contribution < -0.4 is 5.32 Å². The van der Waals surface area contributed by atoms with Gasteiger partial charge in [-0.2, -0.15) is 0 Å². The van der Waals surface area contributed by atoms with Gasteiger partial charge < -0.3 is 20.2 Å². The molecule has 0 radical (unpaired) electrons. The van der Waals surface area contributed by atoms with Crippen LogP contribution in [0.2, 0.25) is 0 Å². The van der Waals surface area contributed by atoms with Gasteiger partial charge >= 0.3 is 12.0 Å². The molecule has 0 spiro atoms. The summed E-state index contributed by atoms with van der Waals surface area (Å²) < 4.78 is 26.5. The predicted molar refractivity (Wildman–Crippen MR) is 126 cm³/mol. The number of hydrogen-bond donors (Lipinski definition) is 2. The van der Waals surface area contributed by atoms with E-state index in [9.17, 15) is 33.1 Å². The third-order valence-electron chi connectivity index (χ3n) is 6.46. The number of carbonyl (C=O) groups excluding carboxylic acids is 3. The molecular weight excluding hydrogens is 488 g/mol. The topological polar surface area (TPSA) is 114 Å². The Balaban J connectivity index is 1.56. The summed E-state index contributed by atoms with van der Waals surface area (Å²) in [5.74, 6) is -3.03. The Hall–Kier alpha value is -4.06. The average molecular weight is 516 g/mol. The highest BCUT2D eigenvalue weighted by molar-refractivity contribution is 5.93. The van der Waals surface area contributed by atoms with Crippen molar-refractivity contribution in [3.8, 4) is 0 Å². The highest BCUT2D eigenvalue weighted by Gasteiger charge is 2.51. The summed E-state index contributed by atoms with van der Waals surface area (Å²) in [6, 6.07) is 9.59. The van der Waals surface area contributed by atoms with Gasteiger partial charge in [-0.15, -0.1) is 0 Å². The van der Waals surface area contributed by atoms with Gasteiger partial charge in [0, 0.05) is 20.1 Å². The number of carboxylic acids is 1. The molecule has 37 heavy (non-hydrogen) atoms. The van der Waals surface area contributed by atoms with E-state index in [1.165, 1.54) is 56.2 Å². The molecular formula is C25H27F2N5O5. The number of nitrogens with one attached hydrogen (secondary N) is 1. The van der Waals surface area contributed by atoms with E-state index in [1.54, 1.807) is 19.2 Å². The molecule has 0 aliphatic carbocycles. The van der Waals surface area contributed by atoms with Gasteiger partial charge in [0.25, 0.3) is 0 Å². The van der Waals surface area contributed by atoms with E-state index in [2.05, 4.69) is 5.32 Å². The molecule has 4 rings (SSSR count). The number of halogens is 2. The second-order valence-electron chi connectivity index (χ2n) is 9.00. The van der Waals surface area contributed by atoms with Gasteiger partial charge in [0.05, 0.1) is 19.5 Å². The Bertz CT molecular complexity index is 1180. The van der Waals surface area contributed by atoms with Gasteiger partial charge in [0.2, 0.25) is 11.8 Å². The van der Waals surface area contributed by atoms with E-state index in [0.29, 0.717) is 12.0 Å². The molecule has 0 saturated carbocycles. The van der Waals surface area contributed by atoms with E-state index in [4.69, 9.17) is 0 Å². The van der Waals surface area contributed by atoms with Crippen LogP contribution in [0, 0.1) is 11.6 Å². The summed E-state index contributed by atoms with van der Waals surface area (Å²) in [5, 5.41) is 14.9. The normalized spacial score (nSPS) is 20.1. The SMILES string of the molecule is CN1CC(=O)N2[C@@H](CC(=O)O)C(=O)N(CCc3ccc(F)cc3)C[C@@H]2N1C(=O)NCc1ccc(F)cc1. The lowest BCUT2D eigenvalue weighted by Gasteiger charge is -2.54. The summed E-state index contributed by atoms with van der Waals surface area (Å²) >= 11 is 0. The molecule has 2 aromatic rings. The van der Waals surface area contributed by atoms with Crippen LogP contribution in [0.1, 0.15) is 17.5 Å². The van der Waals surface area contributed by atoms with Gasteiger partial charge in [0.15, 0.2) is 0 Å². The van der Waals surface area contributed by atoms with Crippen LogP contribution in [0.25, 0.3) is 0 Å². The van der Waals surface area contributed by atoms with E-state index >= 15 is 0 Å².